The molecule has 0 aromatic heterocycles. The lowest BCUT2D eigenvalue weighted by molar-refractivity contribution is -0.432. The number of anilines is 1. The highest BCUT2D eigenvalue weighted by atomic mass is 32.3. The number of hydrogen-bond acceptors (Lipinski definition) is 20. The van der Waals surface area contributed by atoms with E-state index in [9.17, 15) is 34.9 Å². The molecule has 0 radical (unpaired) electrons. The number of nitrogens with zero attached hydrogens (tertiary/aromatic N) is 5. The molecule has 0 saturated heterocycles. The predicted octanol–water partition coefficient (Wildman–Crippen LogP) is 4.91. The lowest BCUT2D eigenvalue weighted by Crippen LogP contribution is -2.21. The minimum absolute atomic E-state index is 0. The summed E-state index contributed by atoms with van der Waals surface area (Å²) in [5.41, 5.74) is 5.44. The van der Waals surface area contributed by atoms with Crippen LogP contribution in [-0.4, -0.2) is 81.5 Å². The van der Waals surface area contributed by atoms with E-state index in [0.717, 1.165) is 17.8 Å². The van der Waals surface area contributed by atoms with Gasteiger partial charge < -0.3 is 21.2 Å². The maximum atomic E-state index is 12.8. The zero-order valence-corrected chi connectivity index (χ0v) is 31.5. The van der Waals surface area contributed by atoms with Crippen molar-refractivity contribution in [1.29, 1.82) is 0 Å². The van der Waals surface area contributed by atoms with Crippen LogP contribution in [0, 0.1) is 11.4 Å². The monoisotopic (exact) mass is 848 g/mol. The summed E-state index contributed by atoms with van der Waals surface area (Å²) in [5, 5.41) is 41.9. The van der Waals surface area contributed by atoms with Crippen molar-refractivity contribution in [3.8, 4) is 17.1 Å². The van der Waals surface area contributed by atoms with E-state index in [4.69, 9.17) is 15.5 Å². The van der Waals surface area contributed by atoms with Gasteiger partial charge >= 0.3 is 10.4 Å². The van der Waals surface area contributed by atoms with Crippen LogP contribution < -0.4 is 5.73 Å². The minimum atomic E-state index is -5.07. The summed E-state index contributed by atoms with van der Waals surface area (Å²) in [6.45, 7) is 0.249. The zero-order valence-electron chi connectivity index (χ0n) is 27.4. The smallest absolute Gasteiger partial charge is 0.433 e. The molecule has 4 aromatic carbocycles. The summed E-state index contributed by atoms with van der Waals surface area (Å²) in [6, 6.07) is 13.6. The van der Waals surface area contributed by atoms with Crippen LogP contribution in [0.1, 0.15) is 0 Å². The average Bonchev–Trinajstić information content (AvgIpc) is 3.08. The number of phenols is 1. The Morgan fingerprint density at radius 3 is 2.19 bits per heavy atom. The van der Waals surface area contributed by atoms with Crippen molar-refractivity contribution in [3.63, 3.8) is 0 Å². The van der Waals surface area contributed by atoms with E-state index < -0.39 is 46.7 Å². The molecule has 0 aliphatic heterocycles. The van der Waals surface area contributed by atoms with Gasteiger partial charge in [0.05, 0.1) is 50.0 Å². The molecule has 0 fully saturated rings. The highest BCUT2D eigenvalue weighted by Crippen LogP contribution is 2.49. The first-order chi connectivity index (χ1) is 24.9. The topological polar surface area (TPSA) is 330 Å². The summed E-state index contributed by atoms with van der Waals surface area (Å²) in [5.74, 6) is -1.05. The van der Waals surface area contributed by atoms with Crippen LogP contribution in [0.15, 0.2) is 101 Å². The van der Waals surface area contributed by atoms with Gasteiger partial charge in [-0.2, -0.15) is 27.1 Å². The van der Waals surface area contributed by atoms with Gasteiger partial charge in [-0.1, -0.05) is 11.1 Å². The van der Waals surface area contributed by atoms with E-state index in [-0.39, 0.29) is 61.1 Å². The van der Waals surface area contributed by atoms with Crippen molar-refractivity contribution in [1.82, 2.24) is 4.90 Å². The lowest BCUT2D eigenvalue weighted by atomic mass is 10.1. The number of sulfone groups is 1. The molecular weight excluding hydrogens is 821 g/mol. The van der Waals surface area contributed by atoms with Gasteiger partial charge in [0.1, 0.15) is 16.3 Å². The SMILES string of the molecule is CN(C)CCS(=O)(=O)c1cccc(N=Nc2c(S(=O)(=O)O)cc3cc(SOOO)c(N=Nc4ccc(SC#COOS(=O)(=O)O)cc4)c(N)c3c2O)c1.O. The van der Waals surface area contributed by atoms with Gasteiger partial charge in [-0.3, -0.25) is 14.0 Å². The van der Waals surface area contributed by atoms with E-state index in [1.165, 1.54) is 42.5 Å². The maximum Gasteiger partial charge on any atom is 0.433 e. The van der Waals surface area contributed by atoms with Crippen molar-refractivity contribution < 1.29 is 68.8 Å². The van der Waals surface area contributed by atoms with Gasteiger partial charge in [-0.15, -0.1) is 14.6 Å². The van der Waals surface area contributed by atoms with Gasteiger partial charge in [0.25, 0.3) is 10.1 Å². The van der Waals surface area contributed by atoms with Crippen molar-refractivity contribution in [2.45, 2.75) is 19.6 Å². The Balaban J connectivity index is 0.00000784. The van der Waals surface area contributed by atoms with Crippen LogP contribution in [0.2, 0.25) is 0 Å². The molecule has 0 spiro atoms. The first kappa shape index (κ1) is 43.9. The van der Waals surface area contributed by atoms with Gasteiger partial charge in [0.15, 0.2) is 21.7 Å². The molecule has 290 valence electrons. The Morgan fingerprint density at radius 1 is 0.889 bits per heavy atom. The molecule has 0 atom stereocenters. The van der Waals surface area contributed by atoms with E-state index in [1.807, 2.05) is 6.11 Å². The molecule has 0 heterocycles. The van der Waals surface area contributed by atoms with Crippen LogP contribution in [-0.2, 0) is 48.9 Å². The standard InChI is InChI=1S/C28H26N6O14S5.H2O/c1-34(2)10-13-51(37,38)21-5-3-4-19(16-21)31-33-27-23(52(39,40)41)15-17-14-22(50-47-46-36)26(25(29)24(17)28(27)35)32-30-18-6-8-20(9-7-18)49-12-11-45-48-53(42,43)44;/h3-9,14-16,35-36H,10,13,29H2,1-2H3,(H,39,40,41)(H,42,43,44);1H2. The van der Waals surface area contributed by atoms with E-state index >= 15 is 0 Å². The van der Waals surface area contributed by atoms with Crippen molar-refractivity contribution in [3.05, 3.63) is 60.7 Å². The van der Waals surface area contributed by atoms with Crippen molar-refractivity contribution in [2.75, 3.05) is 32.1 Å². The Morgan fingerprint density at radius 2 is 1.56 bits per heavy atom. The number of hydrogen-bond donors (Lipinski definition) is 5. The first-order valence-electron chi connectivity index (χ1n) is 14.0. The van der Waals surface area contributed by atoms with Crippen LogP contribution in [0.25, 0.3) is 10.8 Å². The molecule has 54 heavy (non-hydrogen) atoms. The number of phenolic OH excluding ortho intramolecular Hbond substituents is 1. The average molecular weight is 849 g/mol. The summed E-state index contributed by atoms with van der Waals surface area (Å²) >= 11 is 1.28. The van der Waals surface area contributed by atoms with Gasteiger partial charge in [-0.05, 0) is 90.2 Å². The van der Waals surface area contributed by atoms with E-state index in [0.29, 0.717) is 16.9 Å². The summed E-state index contributed by atoms with van der Waals surface area (Å²) in [6.07, 6.45) is 1.90. The Kier molecular flexibility index (Phi) is 15.2. The Bertz CT molecular complexity index is 2450. The zero-order chi connectivity index (χ0) is 39.0. The highest BCUT2D eigenvalue weighted by Gasteiger charge is 2.26. The number of benzene rings is 4. The number of nitrogen functional groups attached to an aromatic ring is 1. The number of nitrogens with two attached hydrogens (primary N) is 1. The number of azo groups is 2. The van der Waals surface area contributed by atoms with E-state index in [2.05, 4.69) is 44.3 Å². The van der Waals surface area contributed by atoms with Gasteiger partial charge in [0, 0.05) is 16.7 Å². The van der Waals surface area contributed by atoms with Crippen molar-refractivity contribution >= 4 is 93.4 Å². The second kappa shape index (κ2) is 18.7. The molecule has 0 bridgehead atoms. The van der Waals surface area contributed by atoms with Crippen LogP contribution in [0.5, 0.6) is 5.75 Å². The third-order valence-electron chi connectivity index (χ3n) is 6.47. The van der Waals surface area contributed by atoms with Gasteiger partial charge in [0.2, 0.25) is 0 Å². The lowest BCUT2D eigenvalue weighted by Gasteiger charge is -2.14. The first-order valence-corrected chi connectivity index (χ1v) is 20.1. The number of thioether (sulfide) groups is 1. The number of fused-ring (bicyclic) bond motifs is 1. The van der Waals surface area contributed by atoms with Crippen LogP contribution >= 0.6 is 23.8 Å². The maximum absolute atomic E-state index is 12.8. The third-order valence-corrected chi connectivity index (χ3v) is 10.6. The van der Waals surface area contributed by atoms with Gasteiger partial charge in [-0.25, -0.2) is 13.7 Å². The largest absolute Gasteiger partial charge is 0.505 e. The molecule has 21 nitrogen and oxygen atoms in total. The fourth-order valence-electron chi connectivity index (χ4n) is 4.14. The second-order valence-electron chi connectivity index (χ2n) is 10.4. The quantitative estimate of drug-likeness (QED) is 0.0155. The van der Waals surface area contributed by atoms with Crippen LogP contribution in [0.3, 0.4) is 0 Å². The highest BCUT2D eigenvalue weighted by molar-refractivity contribution is 8.04. The number of rotatable bonds is 15. The molecule has 0 unspecified atom stereocenters. The fourth-order valence-corrected chi connectivity index (χ4v) is 7.32. The Labute approximate surface area is 315 Å². The molecule has 8 N–H and O–H groups in total. The summed E-state index contributed by atoms with van der Waals surface area (Å²) < 4.78 is 98.0. The third kappa shape index (κ3) is 12.0. The second-order valence-corrected chi connectivity index (χ2v) is 16.5. The molecule has 0 aliphatic rings. The summed E-state index contributed by atoms with van der Waals surface area (Å²) in [7, 11) is -10.2. The molecule has 0 amide bonds. The minimum Gasteiger partial charge on any atom is -0.505 e. The predicted molar refractivity (Wildman–Crippen MR) is 193 cm³/mol. The molecular formula is C28H28N6O15S5. The van der Waals surface area contributed by atoms with E-state index in [1.54, 1.807) is 31.1 Å². The molecule has 26 heteroatoms. The number of aromatic hydroxyl groups is 1. The molecule has 0 aliphatic carbocycles. The normalized spacial score (nSPS) is 12.3. The van der Waals surface area contributed by atoms with Crippen LogP contribution in [0.4, 0.5) is 28.4 Å². The summed E-state index contributed by atoms with van der Waals surface area (Å²) in [4.78, 5) is 5.29. The molecule has 4 rings (SSSR count). The fraction of sp³-hybridized carbons (Fsp3) is 0.143. The Hall–Kier alpha value is -4.47. The van der Waals surface area contributed by atoms with Crippen molar-refractivity contribution in [2.24, 2.45) is 20.5 Å². The molecule has 4 aromatic rings. The molecule has 0 saturated carbocycles.